The van der Waals surface area contributed by atoms with Crippen LogP contribution in [0.3, 0.4) is 0 Å². The van der Waals surface area contributed by atoms with Crippen LogP contribution in [0.5, 0.6) is 0 Å². The van der Waals surface area contributed by atoms with Gasteiger partial charge in [0.05, 0.1) is 5.75 Å². The molecule has 3 N–H and O–H groups in total. The van der Waals surface area contributed by atoms with E-state index in [0.29, 0.717) is 25.1 Å². The van der Waals surface area contributed by atoms with E-state index in [1.54, 1.807) is 12.1 Å². The van der Waals surface area contributed by atoms with Gasteiger partial charge in [-0.15, -0.1) is 0 Å². The van der Waals surface area contributed by atoms with E-state index in [4.69, 9.17) is 5.73 Å². The Morgan fingerprint density at radius 3 is 2.42 bits per heavy atom. The first-order chi connectivity index (χ1) is 8.93. The first-order valence-electron chi connectivity index (χ1n) is 6.20. The Balaban J connectivity index is 2.48. The lowest BCUT2D eigenvalue weighted by molar-refractivity contribution is -0.113. The minimum atomic E-state index is -3.35. The second kappa shape index (κ2) is 7.25. The third-order valence-corrected chi connectivity index (χ3v) is 4.21. The molecule has 1 aromatic rings. The maximum atomic E-state index is 11.7. The van der Waals surface area contributed by atoms with Crippen molar-refractivity contribution in [2.24, 2.45) is 5.73 Å². The molecule has 0 spiro atoms. The number of benzene rings is 1. The van der Waals surface area contributed by atoms with Crippen LogP contribution in [-0.4, -0.2) is 32.4 Å². The van der Waals surface area contributed by atoms with Crippen molar-refractivity contribution in [2.45, 2.75) is 19.8 Å². The molecule has 0 aromatic heterocycles. The molecule has 0 saturated carbocycles. The van der Waals surface area contributed by atoms with E-state index in [0.717, 1.165) is 5.56 Å². The number of anilines is 1. The summed E-state index contributed by atoms with van der Waals surface area (Å²) in [6.07, 6.45) is 1.15. The van der Waals surface area contributed by atoms with Crippen molar-refractivity contribution in [1.82, 2.24) is 0 Å². The van der Waals surface area contributed by atoms with Crippen molar-refractivity contribution in [2.75, 3.05) is 23.4 Å². The second-order valence-electron chi connectivity index (χ2n) is 4.50. The standard InChI is InChI=1S/C13H20N2O3S/c1-11-4-6-12(7-5-11)15-13(16)10-19(17,18)9-3-2-8-14/h4-7H,2-3,8-10,14H2,1H3,(H,15,16). The fourth-order valence-electron chi connectivity index (χ4n) is 1.57. The smallest absolute Gasteiger partial charge is 0.239 e. The van der Waals surface area contributed by atoms with Crippen molar-refractivity contribution in [3.8, 4) is 0 Å². The third kappa shape index (κ3) is 6.35. The van der Waals surface area contributed by atoms with Gasteiger partial charge in [-0.1, -0.05) is 17.7 Å². The Labute approximate surface area is 114 Å². The first-order valence-corrected chi connectivity index (χ1v) is 8.02. The summed E-state index contributed by atoms with van der Waals surface area (Å²) >= 11 is 0. The van der Waals surface area contributed by atoms with Crippen LogP contribution in [0.4, 0.5) is 5.69 Å². The maximum Gasteiger partial charge on any atom is 0.239 e. The number of amides is 1. The van der Waals surface area contributed by atoms with Crippen LogP contribution in [0.1, 0.15) is 18.4 Å². The lowest BCUT2D eigenvalue weighted by Crippen LogP contribution is -2.25. The number of rotatable bonds is 7. The van der Waals surface area contributed by atoms with Crippen molar-refractivity contribution in [3.05, 3.63) is 29.8 Å². The number of hydrogen-bond acceptors (Lipinski definition) is 4. The molecule has 0 heterocycles. The molecule has 0 aliphatic carbocycles. The molecular formula is C13H20N2O3S. The Kier molecular flexibility index (Phi) is 5.98. The molecule has 0 fully saturated rings. The molecule has 5 nitrogen and oxygen atoms in total. The molecule has 106 valence electrons. The number of hydrogen-bond donors (Lipinski definition) is 2. The van der Waals surface area contributed by atoms with Crippen molar-refractivity contribution in [1.29, 1.82) is 0 Å². The minimum absolute atomic E-state index is 0.00547. The number of nitrogens with two attached hydrogens (primary N) is 1. The number of aryl methyl sites for hydroxylation is 1. The highest BCUT2D eigenvalue weighted by Gasteiger charge is 2.16. The van der Waals surface area contributed by atoms with Gasteiger partial charge in [0, 0.05) is 5.69 Å². The van der Waals surface area contributed by atoms with E-state index < -0.39 is 21.5 Å². The summed E-state index contributed by atoms with van der Waals surface area (Å²) in [5.41, 5.74) is 6.98. The van der Waals surface area contributed by atoms with Gasteiger partial charge in [-0.2, -0.15) is 0 Å². The molecule has 1 rings (SSSR count). The van der Waals surface area contributed by atoms with Crippen LogP contribution in [-0.2, 0) is 14.6 Å². The predicted molar refractivity (Wildman–Crippen MR) is 76.8 cm³/mol. The highest BCUT2D eigenvalue weighted by atomic mass is 32.2. The molecule has 0 saturated heterocycles. The normalized spacial score (nSPS) is 11.3. The predicted octanol–water partition coefficient (Wildman–Crippen LogP) is 1.09. The van der Waals surface area contributed by atoms with Crippen LogP contribution in [0, 0.1) is 6.92 Å². The molecule has 0 radical (unpaired) electrons. The molecule has 6 heteroatoms. The van der Waals surface area contributed by atoms with Crippen LogP contribution >= 0.6 is 0 Å². The van der Waals surface area contributed by atoms with Crippen LogP contribution in [0.15, 0.2) is 24.3 Å². The summed E-state index contributed by atoms with van der Waals surface area (Å²) in [5.74, 6) is -0.978. The zero-order chi connectivity index (χ0) is 14.3. The van der Waals surface area contributed by atoms with Gasteiger partial charge in [-0.05, 0) is 38.4 Å². The van der Waals surface area contributed by atoms with Gasteiger partial charge in [0.15, 0.2) is 9.84 Å². The van der Waals surface area contributed by atoms with Crippen LogP contribution < -0.4 is 11.1 Å². The van der Waals surface area contributed by atoms with Crippen LogP contribution in [0.2, 0.25) is 0 Å². The summed E-state index contributed by atoms with van der Waals surface area (Å²) in [7, 11) is -3.35. The molecular weight excluding hydrogens is 264 g/mol. The van der Waals surface area contributed by atoms with Crippen molar-refractivity contribution in [3.63, 3.8) is 0 Å². The van der Waals surface area contributed by atoms with E-state index in [1.807, 2.05) is 19.1 Å². The maximum absolute atomic E-state index is 11.7. The average molecular weight is 284 g/mol. The Hall–Kier alpha value is -1.40. The van der Waals surface area contributed by atoms with E-state index in [1.165, 1.54) is 0 Å². The highest BCUT2D eigenvalue weighted by molar-refractivity contribution is 7.92. The van der Waals surface area contributed by atoms with Crippen molar-refractivity contribution < 1.29 is 13.2 Å². The fourth-order valence-corrected chi connectivity index (χ4v) is 2.83. The summed E-state index contributed by atoms with van der Waals surface area (Å²) < 4.78 is 23.3. The Morgan fingerprint density at radius 2 is 1.84 bits per heavy atom. The number of carbonyl (C=O) groups is 1. The number of nitrogens with one attached hydrogen (secondary N) is 1. The van der Waals surface area contributed by atoms with Gasteiger partial charge < -0.3 is 11.1 Å². The van der Waals surface area contributed by atoms with E-state index in [2.05, 4.69) is 5.32 Å². The van der Waals surface area contributed by atoms with E-state index in [9.17, 15) is 13.2 Å². The third-order valence-electron chi connectivity index (χ3n) is 2.60. The quantitative estimate of drug-likeness (QED) is 0.733. The monoisotopic (exact) mass is 284 g/mol. The zero-order valence-corrected chi connectivity index (χ0v) is 11.9. The largest absolute Gasteiger partial charge is 0.330 e. The average Bonchev–Trinajstić information content (AvgIpc) is 2.31. The van der Waals surface area contributed by atoms with Gasteiger partial charge in [-0.3, -0.25) is 4.79 Å². The molecule has 0 bridgehead atoms. The van der Waals surface area contributed by atoms with Crippen molar-refractivity contribution >= 4 is 21.4 Å². The van der Waals surface area contributed by atoms with Crippen LogP contribution in [0.25, 0.3) is 0 Å². The molecule has 1 amide bonds. The Morgan fingerprint density at radius 1 is 1.21 bits per heavy atom. The molecule has 1 aromatic carbocycles. The van der Waals surface area contributed by atoms with Gasteiger partial charge in [-0.25, -0.2) is 8.42 Å². The molecule has 0 aliphatic heterocycles. The van der Waals surface area contributed by atoms with Gasteiger partial charge in [0.25, 0.3) is 0 Å². The summed E-state index contributed by atoms with van der Waals surface area (Å²) in [6, 6.07) is 7.19. The summed E-state index contributed by atoms with van der Waals surface area (Å²) in [4.78, 5) is 11.6. The van der Waals surface area contributed by atoms with E-state index in [-0.39, 0.29) is 5.75 Å². The summed E-state index contributed by atoms with van der Waals surface area (Å²) in [6.45, 7) is 2.40. The lowest BCUT2D eigenvalue weighted by atomic mass is 10.2. The number of carbonyl (C=O) groups excluding carboxylic acids is 1. The molecule has 0 atom stereocenters. The SMILES string of the molecule is Cc1ccc(NC(=O)CS(=O)(=O)CCCCN)cc1. The first kappa shape index (κ1) is 15.7. The highest BCUT2D eigenvalue weighted by Crippen LogP contribution is 2.09. The van der Waals surface area contributed by atoms with Gasteiger partial charge in [0.1, 0.15) is 5.75 Å². The fraction of sp³-hybridized carbons (Fsp3) is 0.462. The second-order valence-corrected chi connectivity index (χ2v) is 6.69. The summed E-state index contributed by atoms with van der Waals surface area (Å²) in [5, 5.41) is 2.57. The lowest BCUT2D eigenvalue weighted by Gasteiger charge is -2.06. The molecule has 0 aliphatic rings. The van der Waals surface area contributed by atoms with Gasteiger partial charge >= 0.3 is 0 Å². The van der Waals surface area contributed by atoms with Gasteiger partial charge in [0.2, 0.25) is 5.91 Å². The molecule has 0 unspecified atom stereocenters. The number of unbranched alkanes of at least 4 members (excludes halogenated alkanes) is 1. The molecule has 19 heavy (non-hydrogen) atoms. The Bertz CT molecular complexity index is 509. The topological polar surface area (TPSA) is 89.3 Å². The van der Waals surface area contributed by atoms with E-state index >= 15 is 0 Å². The zero-order valence-electron chi connectivity index (χ0n) is 11.1. The minimum Gasteiger partial charge on any atom is -0.330 e. The number of sulfone groups is 1.